The molecule has 2 N–H and O–H groups in total. The molecule has 90 valence electrons. The Hall–Kier alpha value is -1.75. The van der Waals surface area contributed by atoms with Crippen LogP contribution in [-0.4, -0.2) is 30.1 Å². The molecule has 1 aliphatic heterocycles. The van der Waals surface area contributed by atoms with Crippen molar-refractivity contribution >= 4 is 23.6 Å². The monoisotopic (exact) mass is 254 g/mol. The van der Waals surface area contributed by atoms with Crippen LogP contribution in [0, 0.1) is 0 Å². The lowest BCUT2D eigenvalue weighted by molar-refractivity contribution is -0.125. The molecule has 1 aromatic carbocycles. The smallest absolute Gasteiger partial charge is 0.411 e. The first kappa shape index (κ1) is 11.7. The Kier molecular flexibility index (Phi) is 2.93. The van der Waals surface area contributed by atoms with Gasteiger partial charge in [0.1, 0.15) is 6.04 Å². The summed E-state index contributed by atoms with van der Waals surface area (Å²) in [6, 6.07) is 6.34. The van der Waals surface area contributed by atoms with Crippen molar-refractivity contribution in [2.45, 2.75) is 12.1 Å². The maximum absolute atomic E-state index is 11.4. The summed E-state index contributed by atoms with van der Waals surface area (Å²) in [5.41, 5.74) is 5.97. The number of rotatable bonds is 2. The average Bonchev–Trinajstić information content (AvgIpc) is 2.57. The first-order valence-corrected chi connectivity index (χ1v) is 5.36. The van der Waals surface area contributed by atoms with E-state index < -0.39 is 24.1 Å². The van der Waals surface area contributed by atoms with Crippen LogP contribution in [0.3, 0.4) is 0 Å². The molecule has 2 atom stereocenters. The third-order valence-corrected chi connectivity index (χ3v) is 2.96. The minimum absolute atomic E-state index is 0.503. The van der Waals surface area contributed by atoms with Gasteiger partial charge in [-0.1, -0.05) is 23.7 Å². The first-order chi connectivity index (χ1) is 8.00. The van der Waals surface area contributed by atoms with Gasteiger partial charge in [0, 0.05) is 12.1 Å². The number of hydrogen-bond donors (Lipinski definition) is 1. The highest BCUT2D eigenvalue weighted by Gasteiger charge is 2.43. The Morgan fingerprint density at radius 3 is 2.53 bits per heavy atom. The number of amides is 2. The Morgan fingerprint density at radius 2 is 2.00 bits per heavy atom. The molecule has 1 heterocycles. The Morgan fingerprint density at radius 1 is 1.41 bits per heavy atom. The van der Waals surface area contributed by atoms with Crippen molar-refractivity contribution in [3.05, 3.63) is 34.9 Å². The van der Waals surface area contributed by atoms with Gasteiger partial charge in [0.25, 0.3) is 5.91 Å². The topological polar surface area (TPSA) is 72.6 Å². The second kappa shape index (κ2) is 4.25. The number of nitrogens with two attached hydrogens (primary N) is 1. The summed E-state index contributed by atoms with van der Waals surface area (Å²) in [4.78, 5) is 24.0. The van der Waals surface area contributed by atoms with E-state index in [0.717, 1.165) is 5.56 Å². The number of ether oxygens (including phenoxy) is 1. The van der Waals surface area contributed by atoms with Crippen LogP contribution in [0.5, 0.6) is 0 Å². The second-order valence-corrected chi connectivity index (χ2v) is 4.25. The quantitative estimate of drug-likeness (QED) is 0.865. The summed E-state index contributed by atoms with van der Waals surface area (Å²) in [5.74, 6) is -0.664. The summed E-state index contributed by atoms with van der Waals surface area (Å²) >= 11 is 5.78. The molecule has 1 aromatic rings. The molecule has 2 rings (SSSR count). The average molecular weight is 255 g/mol. The molecule has 5 nitrogen and oxygen atoms in total. The summed E-state index contributed by atoms with van der Waals surface area (Å²) < 4.78 is 4.91. The van der Waals surface area contributed by atoms with Gasteiger partial charge in [0.15, 0.2) is 0 Å². The zero-order valence-corrected chi connectivity index (χ0v) is 9.85. The lowest BCUT2D eigenvalue weighted by Gasteiger charge is -2.19. The van der Waals surface area contributed by atoms with Crippen molar-refractivity contribution < 1.29 is 14.3 Å². The lowest BCUT2D eigenvalue weighted by atomic mass is 10.0. The highest BCUT2D eigenvalue weighted by molar-refractivity contribution is 6.30. The van der Waals surface area contributed by atoms with Gasteiger partial charge in [0.05, 0.1) is 0 Å². The predicted molar refractivity (Wildman–Crippen MR) is 61.4 cm³/mol. The summed E-state index contributed by atoms with van der Waals surface area (Å²) in [7, 11) is 1.56. The normalized spacial score (nSPS) is 23.6. The van der Waals surface area contributed by atoms with E-state index in [1.165, 1.54) is 4.90 Å². The molecule has 1 aliphatic rings. The number of nitrogens with zero attached hydrogens (tertiary/aromatic N) is 1. The number of benzene rings is 1. The molecule has 0 aromatic heterocycles. The fourth-order valence-corrected chi connectivity index (χ4v) is 1.97. The highest BCUT2D eigenvalue weighted by Crippen LogP contribution is 2.32. The van der Waals surface area contributed by atoms with Crippen LogP contribution >= 0.6 is 11.6 Å². The summed E-state index contributed by atoms with van der Waals surface area (Å²) in [5, 5.41) is 0.581. The predicted octanol–water partition coefficient (Wildman–Crippen LogP) is 1.32. The van der Waals surface area contributed by atoms with Gasteiger partial charge in [-0.05, 0) is 17.7 Å². The number of cyclic esters (lactones) is 1. The minimum Gasteiger partial charge on any atom is -0.433 e. The van der Waals surface area contributed by atoms with Crippen LogP contribution in [-0.2, 0) is 9.53 Å². The standard InChI is InChI=1S/C11H11ClN2O3/c1-14-8(6-2-4-7(12)5-3-6)9(10(13)15)17-11(14)16/h2-5,8-9H,1H3,(H2,13,15). The molecule has 6 heteroatoms. The van der Waals surface area contributed by atoms with Crippen LogP contribution in [0.4, 0.5) is 4.79 Å². The largest absolute Gasteiger partial charge is 0.433 e. The lowest BCUT2D eigenvalue weighted by Crippen LogP contribution is -2.35. The molecule has 0 radical (unpaired) electrons. The fourth-order valence-electron chi connectivity index (χ4n) is 1.84. The fraction of sp³-hybridized carbons (Fsp3) is 0.273. The van der Waals surface area contributed by atoms with Crippen molar-refractivity contribution in [2.75, 3.05) is 7.05 Å². The van der Waals surface area contributed by atoms with Crippen LogP contribution in [0.15, 0.2) is 24.3 Å². The van der Waals surface area contributed by atoms with Crippen LogP contribution < -0.4 is 5.73 Å². The van der Waals surface area contributed by atoms with Crippen molar-refractivity contribution in [1.82, 2.24) is 4.90 Å². The van der Waals surface area contributed by atoms with Crippen molar-refractivity contribution in [3.8, 4) is 0 Å². The summed E-state index contributed by atoms with van der Waals surface area (Å²) in [6.45, 7) is 0. The maximum Gasteiger partial charge on any atom is 0.411 e. The molecule has 1 saturated heterocycles. The molecule has 0 spiro atoms. The molecule has 2 unspecified atom stereocenters. The van der Waals surface area contributed by atoms with E-state index in [0.29, 0.717) is 5.02 Å². The van der Waals surface area contributed by atoms with Crippen LogP contribution in [0.25, 0.3) is 0 Å². The van der Waals surface area contributed by atoms with E-state index >= 15 is 0 Å². The molecular formula is C11H11ClN2O3. The Labute approximate surface area is 103 Å². The minimum atomic E-state index is -0.964. The number of carbonyl (C=O) groups is 2. The zero-order valence-electron chi connectivity index (χ0n) is 9.09. The van der Waals surface area contributed by atoms with E-state index in [4.69, 9.17) is 22.1 Å². The van der Waals surface area contributed by atoms with E-state index in [2.05, 4.69) is 0 Å². The molecule has 0 aliphatic carbocycles. The van der Waals surface area contributed by atoms with Gasteiger partial charge in [-0.2, -0.15) is 0 Å². The van der Waals surface area contributed by atoms with Gasteiger partial charge in [-0.15, -0.1) is 0 Å². The van der Waals surface area contributed by atoms with Crippen molar-refractivity contribution in [3.63, 3.8) is 0 Å². The van der Waals surface area contributed by atoms with Gasteiger partial charge < -0.3 is 10.5 Å². The number of hydrogen-bond acceptors (Lipinski definition) is 3. The zero-order chi connectivity index (χ0) is 12.6. The van der Waals surface area contributed by atoms with Crippen LogP contribution in [0.1, 0.15) is 11.6 Å². The van der Waals surface area contributed by atoms with E-state index in [9.17, 15) is 9.59 Å². The number of carbonyl (C=O) groups excluding carboxylic acids is 2. The second-order valence-electron chi connectivity index (χ2n) is 3.81. The number of halogens is 1. The molecule has 17 heavy (non-hydrogen) atoms. The van der Waals surface area contributed by atoms with Crippen molar-refractivity contribution in [2.24, 2.45) is 5.73 Å². The molecule has 0 saturated carbocycles. The van der Waals surface area contributed by atoms with Crippen molar-refractivity contribution in [1.29, 1.82) is 0 Å². The number of primary amides is 1. The number of likely N-dealkylation sites (N-methyl/N-ethyl adjacent to an activating group) is 1. The molecular weight excluding hydrogens is 244 g/mol. The highest BCUT2D eigenvalue weighted by atomic mass is 35.5. The Balaban J connectivity index is 2.37. The van der Waals surface area contributed by atoms with Crippen LogP contribution in [0.2, 0.25) is 5.02 Å². The van der Waals surface area contributed by atoms with Gasteiger partial charge in [-0.3, -0.25) is 9.69 Å². The summed E-state index contributed by atoms with van der Waals surface area (Å²) in [6.07, 6.45) is -1.53. The molecule has 0 bridgehead atoms. The van der Waals surface area contributed by atoms with Gasteiger partial charge in [0.2, 0.25) is 6.10 Å². The third-order valence-electron chi connectivity index (χ3n) is 2.71. The molecule has 2 amide bonds. The van der Waals surface area contributed by atoms with Gasteiger partial charge >= 0.3 is 6.09 Å². The Bertz CT molecular complexity index is 460. The van der Waals surface area contributed by atoms with Gasteiger partial charge in [-0.25, -0.2) is 4.79 Å². The first-order valence-electron chi connectivity index (χ1n) is 4.99. The molecule has 1 fully saturated rings. The third kappa shape index (κ3) is 2.06. The SMILES string of the molecule is CN1C(=O)OC(C(N)=O)C1c1ccc(Cl)cc1. The van der Waals surface area contributed by atoms with E-state index in [1.807, 2.05) is 0 Å². The maximum atomic E-state index is 11.4. The van der Waals surface area contributed by atoms with E-state index in [-0.39, 0.29) is 0 Å². The van der Waals surface area contributed by atoms with E-state index in [1.54, 1.807) is 31.3 Å².